The third-order valence-corrected chi connectivity index (χ3v) is 7.16. The van der Waals surface area contributed by atoms with Crippen molar-refractivity contribution in [2.75, 3.05) is 5.75 Å². The van der Waals surface area contributed by atoms with Crippen molar-refractivity contribution < 1.29 is 23.1 Å². The summed E-state index contributed by atoms with van der Waals surface area (Å²) in [5.41, 5.74) is 1.36. The molecule has 0 amide bonds. The molecule has 3 nitrogen and oxygen atoms in total. The number of thioether (sulfide) groups is 1. The molecule has 142 valence electrons. The van der Waals surface area contributed by atoms with E-state index in [0.29, 0.717) is 16.2 Å². The Morgan fingerprint density at radius 1 is 1.26 bits per heavy atom. The lowest BCUT2D eigenvalue weighted by molar-refractivity contribution is -0.143. The van der Waals surface area contributed by atoms with Crippen molar-refractivity contribution in [1.82, 2.24) is 0 Å². The minimum absolute atomic E-state index is 0.00706. The molecule has 0 unspecified atom stereocenters. The first-order valence-electron chi connectivity index (χ1n) is 9.03. The Morgan fingerprint density at radius 3 is 2.78 bits per heavy atom. The summed E-state index contributed by atoms with van der Waals surface area (Å²) in [6, 6.07) is 3.75. The number of benzene rings is 1. The Hall–Kier alpha value is -1.95. The Morgan fingerprint density at radius 2 is 2.04 bits per heavy atom. The minimum Gasteiger partial charge on any atom is -0.457 e. The van der Waals surface area contributed by atoms with Gasteiger partial charge in [-0.05, 0) is 49.6 Å². The van der Waals surface area contributed by atoms with Crippen LogP contribution >= 0.6 is 11.8 Å². The fraction of sp³-hybridized carbons (Fsp3) is 0.429. The Kier molecular flexibility index (Phi) is 4.49. The Balaban J connectivity index is 1.56. The van der Waals surface area contributed by atoms with E-state index in [1.165, 1.54) is 17.8 Å². The van der Waals surface area contributed by atoms with E-state index in [-0.39, 0.29) is 35.1 Å². The molecule has 0 radical (unpaired) electrons. The maximum atomic E-state index is 13.4. The van der Waals surface area contributed by atoms with Crippen molar-refractivity contribution in [1.29, 1.82) is 0 Å². The SMILES string of the molecule is CC1=C2[C@H]3OC(=O)[C@@H](CSc4ccc(F)c(F)c4)[C@@H]3CC[C@@]2(C)C=CC1=O. The molecule has 6 heteroatoms. The van der Waals surface area contributed by atoms with Crippen LogP contribution in [0, 0.1) is 28.9 Å². The van der Waals surface area contributed by atoms with Gasteiger partial charge in [-0.15, -0.1) is 11.8 Å². The smallest absolute Gasteiger partial charge is 0.310 e. The molecule has 1 saturated heterocycles. The topological polar surface area (TPSA) is 43.4 Å². The molecule has 1 aromatic carbocycles. The lowest BCUT2D eigenvalue weighted by Gasteiger charge is -2.43. The number of halogens is 2. The van der Waals surface area contributed by atoms with Crippen molar-refractivity contribution in [3.05, 3.63) is 53.1 Å². The second-order valence-corrected chi connectivity index (χ2v) is 8.80. The van der Waals surface area contributed by atoms with Crippen LogP contribution in [0.2, 0.25) is 0 Å². The highest BCUT2D eigenvalue weighted by Crippen LogP contribution is 2.53. The fourth-order valence-electron chi connectivity index (χ4n) is 4.51. The van der Waals surface area contributed by atoms with Crippen molar-refractivity contribution in [2.45, 2.75) is 37.7 Å². The summed E-state index contributed by atoms with van der Waals surface area (Å²) in [4.78, 5) is 25.3. The van der Waals surface area contributed by atoms with Gasteiger partial charge in [0.2, 0.25) is 0 Å². The number of allylic oxidation sites excluding steroid dienone is 3. The summed E-state index contributed by atoms with van der Waals surface area (Å²) in [6.45, 7) is 3.89. The summed E-state index contributed by atoms with van der Waals surface area (Å²) in [5, 5.41) is 0. The number of fused-ring (bicyclic) bond motifs is 3. The van der Waals surface area contributed by atoms with Crippen LogP contribution in [0.1, 0.15) is 26.7 Å². The van der Waals surface area contributed by atoms with Gasteiger partial charge in [0.1, 0.15) is 6.10 Å². The molecule has 0 spiro atoms. The largest absolute Gasteiger partial charge is 0.457 e. The molecule has 4 atom stereocenters. The van der Waals surface area contributed by atoms with Crippen LogP contribution < -0.4 is 0 Å². The molecule has 1 saturated carbocycles. The van der Waals surface area contributed by atoms with E-state index in [0.717, 1.165) is 30.5 Å². The molecule has 0 bridgehead atoms. The van der Waals surface area contributed by atoms with Gasteiger partial charge in [0, 0.05) is 27.6 Å². The molecule has 2 fully saturated rings. The van der Waals surface area contributed by atoms with E-state index < -0.39 is 11.6 Å². The molecular weight excluding hydrogens is 370 g/mol. The van der Waals surface area contributed by atoms with Crippen LogP contribution in [0.5, 0.6) is 0 Å². The average Bonchev–Trinajstić information content (AvgIpc) is 2.94. The average molecular weight is 390 g/mol. The third-order valence-electron chi connectivity index (χ3n) is 6.05. The van der Waals surface area contributed by atoms with E-state index >= 15 is 0 Å². The van der Waals surface area contributed by atoms with Gasteiger partial charge in [-0.25, -0.2) is 8.78 Å². The number of rotatable bonds is 3. The number of hydrogen-bond acceptors (Lipinski definition) is 4. The maximum absolute atomic E-state index is 13.4. The number of hydrogen-bond donors (Lipinski definition) is 0. The maximum Gasteiger partial charge on any atom is 0.310 e. The zero-order valence-corrected chi connectivity index (χ0v) is 15.9. The quantitative estimate of drug-likeness (QED) is 0.564. The number of ether oxygens (including phenoxy) is 1. The van der Waals surface area contributed by atoms with Gasteiger partial charge in [-0.1, -0.05) is 13.0 Å². The van der Waals surface area contributed by atoms with E-state index in [1.54, 1.807) is 13.0 Å². The molecule has 1 aliphatic heterocycles. The van der Waals surface area contributed by atoms with E-state index in [2.05, 4.69) is 6.92 Å². The van der Waals surface area contributed by atoms with Crippen molar-refractivity contribution >= 4 is 23.5 Å². The predicted molar refractivity (Wildman–Crippen MR) is 98.1 cm³/mol. The molecule has 2 aliphatic carbocycles. The first-order chi connectivity index (χ1) is 12.8. The standard InChI is InChI=1S/C21H20F2O3S/c1-11-17(24)6-8-21(2)7-5-13-14(20(25)26-19(13)18(11)21)10-27-12-3-4-15(22)16(23)9-12/h3-4,6,8-9,13-14,19H,5,7,10H2,1-2H3/t13-,14-,19-,21-/m0/s1. The first kappa shape index (κ1) is 18.4. The van der Waals surface area contributed by atoms with Crippen LogP contribution in [0.3, 0.4) is 0 Å². The summed E-state index contributed by atoms with van der Waals surface area (Å²) >= 11 is 1.33. The van der Waals surface area contributed by atoms with Gasteiger partial charge < -0.3 is 4.74 Å². The molecule has 1 aromatic rings. The molecule has 4 rings (SSSR count). The van der Waals surface area contributed by atoms with Gasteiger partial charge in [0.25, 0.3) is 0 Å². The fourth-order valence-corrected chi connectivity index (χ4v) is 5.62. The van der Waals surface area contributed by atoms with Crippen molar-refractivity contribution in [3.8, 4) is 0 Å². The second kappa shape index (κ2) is 6.59. The first-order valence-corrected chi connectivity index (χ1v) is 10.0. The lowest BCUT2D eigenvalue weighted by atomic mass is 9.62. The summed E-state index contributed by atoms with van der Waals surface area (Å²) in [6.07, 6.45) is 4.86. The van der Waals surface area contributed by atoms with E-state index in [9.17, 15) is 18.4 Å². The minimum atomic E-state index is -0.895. The van der Waals surface area contributed by atoms with E-state index in [1.807, 2.05) is 6.08 Å². The second-order valence-electron chi connectivity index (χ2n) is 7.71. The van der Waals surface area contributed by atoms with Gasteiger partial charge in [-0.3, -0.25) is 9.59 Å². The normalized spacial score (nSPS) is 32.4. The van der Waals surface area contributed by atoms with E-state index in [4.69, 9.17) is 4.74 Å². The highest BCUT2D eigenvalue weighted by molar-refractivity contribution is 7.99. The molecule has 27 heavy (non-hydrogen) atoms. The summed E-state index contributed by atoms with van der Waals surface area (Å²) in [5.74, 6) is -1.95. The van der Waals surface area contributed by atoms with Gasteiger partial charge in [-0.2, -0.15) is 0 Å². The molecule has 0 N–H and O–H groups in total. The number of esters is 1. The monoisotopic (exact) mass is 390 g/mol. The van der Waals surface area contributed by atoms with Crippen molar-refractivity contribution in [3.63, 3.8) is 0 Å². The highest BCUT2D eigenvalue weighted by atomic mass is 32.2. The van der Waals surface area contributed by atoms with Crippen LogP contribution in [0.15, 0.2) is 46.4 Å². The summed E-state index contributed by atoms with van der Waals surface area (Å²) in [7, 11) is 0. The highest BCUT2D eigenvalue weighted by Gasteiger charge is 2.54. The molecule has 0 aromatic heterocycles. The lowest BCUT2D eigenvalue weighted by Crippen LogP contribution is -2.40. The van der Waals surface area contributed by atoms with Gasteiger partial charge in [0.05, 0.1) is 5.92 Å². The number of carbonyl (C=O) groups is 2. The van der Waals surface area contributed by atoms with Crippen LogP contribution in [-0.4, -0.2) is 23.6 Å². The molecule has 3 aliphatic rings. The zero-order valence-electron chi connectivity index (χ0n) is 15.1. The van der Waals surface area contributed by atoms with Crippen molar-refractivity contribution in [2.24, 2.45) is 17.3 Å². The zero-order chi connectivity index (χ0) is 19.3. The summed E-state index contributed by atoms with van der Waals surface area (Å²) < 4.78 is 32.2. The third kappa shape index (κ3) is 3.04. The van der Waals surface area contributed by atoms with Gasteiger partial charge in [0.15, 0.2) is 17.4 Å². The van der Waals surface area contributed by atoms with Crippen LogP contribution in [-0.2, 0) is 14.3 Å². The van der Waals surface area contributed by atoms with Gasteiger partial charge >= 0.3 is 5.97 Å². The number of ketones is 1. The Labute approximate surface area is 160 Å². The van der Waals surface area contributed by atoms with Crippen LogP contribution in [0.4, 0.5) is 8.78 Å². The molecule has 1 heterocycles. The van der Waals surface area contributed by atoms with Crippen LogP contribution in [0.25, 0.3) is 0 Å². The Bertz CT molecular complexity index is 891. The molecular formula is C21H20F2O3S. The number of carbonyl (C=O) groups excluding carboxylic acids is 2. The predicted octanol–water partition coefficient (Wildman–Crippen LogP) is 4.47.